The second kappa shape index (κ2) is 11.9. The topological polar surface area (TPSA) is 86.1 Å². The Kier molecular flexibility index (Phi) is 8.90. The highest BCUT2D eigenvalue weighted by Gasteiger charge is 2.25. The second-order valence-electron chi connectivity index (χ2n) is 6.24. The summed E-state index contributed by atoms with van der Waals surface area (Å²) < 4.78 is 10.5. The quantitative estimate of drug-likeness (QED) is 0.625. The van der Waals surface area contributed by atoms with E-state index in [1.54, 1.807) is 0 Å². The molecule has 0 aliphatic carbocycles. The molecule has 0 aliphatic rings. The molecule has 0 heterocycles. The SMILES string of the molecule is C#[N+]CC(=O)NC(CCC(=O)OCc1ccccc1)C(=O)OCc1ccccc1. The van der Waals surface area contributed by atoms with Crippen molar-refractivity contribution < 1.29 is 23.9 Å². The van der Waals surface area contributed by atoms with Gasteiger partial charge in [-0.05, 0) is 17.5 Å². The van der Waals surface area contributed by atoms with Gasteiger partial charge in [0.1, 0.15) is 19.3 Å². The average Bonchev–Trinajstić information content (AvgIpc) is 2.75. The predicted molar refractivity (Wildman–Crippen MR) is 107 cm³/mol. The van der Waals surface area contributed by atoms with Gasteiger partial charge in [0, 0.05) is 6.42 Å². The third-order valence-electron chi connectivity index (χ3n) is 3.96. The van der Waals surface area contributed by atoms with Crippen molar-refractivity contribution in [3.05, 3.63) is 76.6 Å². The Balaban J connectivity index is 1.86. The average molecular weight is 395 g/mol. The number of nitrogens with one attached hydrogen (secondary N) is 1. The molecule has 1 atom stereocenters. The maximum absolute atomic E-state index is 12.4. The third kappa shape index (κ3) is 8.26. The number of benzene rings is 2. The second-order valence-corrected chi connectivity index (χ2v) is 6.24. The van der Waals surface area contributed by atoms with Crippen LogP contribution in [0.4, 0.5) is 0 Å². The molecule has 7 nitrogen and oxygen atoms in total. The van der Waals surface area contributed by atoms with Crippen LogP contribution in [0.15, 0.2) is 60.7 Å². The fourth-order valence-corrected chi connectivity index (χ4v) is 2.47. The first kappa shape index (κ1) is 21.6. The van der Waals surface area contributed by atoms with E-state index in [0.717, 1.165) is 11.1 Å². The van der Waals surface area contributed by atoms with Gasteiger partial charge in [-0.25, -0.2) is 4.79 Å². The monoisotopic (exact) mass is 395 g/mol. The van der Waals surface area contributed by atoms with E-state index in [0.29, 0.717) is 0 Å². The van der Waals surface area contributed by atoms with Gasteiger partial charge in [0.05, 0.1) is 0 Å². The van der Waals surface area contributed by atoms with Crippen LogP contribution < -0.4 is 5.32 Å². The lowest BCUT2D eigenvalue weighted by Gasteiger charge is -2.16. The van der Waals surface area contributed by atoms with Crippen molar-refractivity contribution in [3.63, 3.8) is 0 Å². The molecule has 0 saturated carbocycles. The lowest BCUT2D eigenvalue weighted by Crippen LogP contribution is -2.43. The Bertz CT molecular complexity index is 847. The zero-order valence-electron chi connectivity index (χ0n) is 16.0. The van der Waals surface area contributed by atoms with E-state index in [1.165, 1.54) is 0 Å². The number of hydrogen-bond acceptors (Lipinski definition) is 5. The minimum absolute atomic E-state index is 0.0392. The van der Waals surface area contributed by atoms with Crippen molar-refractivity contribution >= 4 is 17.8 Å². The summed E-state index contributed by atoms with van der Waals surface area (Å²) in [7, 11) is 0. The van der Waals surface area contributed by atoms with Gasteiger partial charge in [0.15, 0.2) is 0 Å². The van der Waals surface area contributed by atoms with Crippen LogP contribution in [0.5, 0.6) is 0 Å². The van der Waals surface area contributed by atoms with Gasteiger partial charge < -0.3 is 14.8 Å². The van der Waals surface area contributed by atoms with Crippen molar-refractivity contribution in [2.45, 2.75) is 32.1 Å². The molecule has 7 heteroatoms. The summed E-state index contributed by atoms with van der Waals surface area (Å²) in [5.41, 5.74) is 1.67. The van der Waals surface area contributed by atoms with E-state index < -0.39 is 23.9 Å². The lowest BCUT2D eigenvalue weighted by molar-refractivity contribution is -0.150. The Morgan fingerprint density at radius 3 is 2.00 bits per heavy atom. The summed E-state index contributed by atoms with van der Waals surface area (Å²) in [4.78, 5) is 39.4. The molecule has 2 aromatic rings. The van der Waals surface area contributed by atoms with Crippen LogP contribution in [0.2, 0.25) is 0 Å². The van der Waals surface area contributed by atoms with Crippen LogP contribution in [0, 0.1) is 6.57 Å². The zero-order chi connectivity index (χ0) is 20.9. The van der Waals surface area contributed by atoms with E-state index >= 15 is 0 Å². The maximum atomic E-state index is 12.4. The van der Waals surface area contributed by atoms with Crippen molar-refractivity contribution in [1.82, 2.24) is 5.32 Å². The Labute approximate surface area is 169 Å². The van der Waals surface area contributed by atoms with Crippen molar-refractivity contribution in [2.75, 3.05) is 6.54 Å². The number of esters is 2. The number of nitrogens with zero attached hydrogens (tertiary/aromatic N) is 1. The highest BCUT2D eigenvalue weighted by molar-refractivity contribution is 5.86. The van der Waals surface area contributed by atoms with E-state index in [1.807, 2.05) is 60.7 Å². The molecule has 1 unspecified atom stereocenters. The largest absolute Gasteiger partial charge is 0.461 e. The van der Waals surface area contributed by atoms with Gasteiger partial charge in [-0.2, -0.15) is 0 Å². The fraction of sp³-hybridized carbons (Fsp3) is 0.273. The maximum Gasteiger partial charge on any atom is 0.339 e. The molecule has 0 fully saturated rings. The fourth-order valence-electron chi connectivity index (χ4n) is 2.47. The van der Waals surface area contributed by atoms with Crippen molar-refractivity contribution in [3.8, 4) is 6.57 Å². The number of rotatable bonds is 10. The summed E-state index contributed by atoms with van der Waals surface area (Å²) in [5, 5.41) is 2.49. The Morgan fingerprint density at radius 2 is 1.45 bits per heavy atom. The smallest absolute Gasteiger partial charge is 0.339 e. The van der Waals surface area contributed by atoms with Crippen LogP contribution in [0.1, 0.15) is 24.0 Å². The molecule has 2 rings (SSSR count). The number of carbonyl (C=O) groups excluding carboxylic acids is 3. The van der Waals surface area contributed by atoms with Crippen LogP contribution in [-0.4, -0.2) is 30.4 Å². The number of amides is 1. The standard InChI is InChI=1S/C22H22N2O5/c1-23-14-20(25)24-19(22(27)29-16-18-10-6-3-7-11-18)12-13-21(26)28-15-17-8-4-2-5-9-17/h1-11,19H,12-16H2/p+1. The number of hydrogen-bond donors (Lipinski definition) is 1. The number of ether oxygens (including phenoxy) is 2. The molecule has 0 saturated heterocycles. The molecular weight excluding hydrogens is 372 g/mol. The summed E-state index contributed by atoms with van der Waals surface area (Å²) in [6, 6.07) is 17.4. The molecule has 2 aromatic carbocycles. The predicted octanol–water partition coefficient (Wildman–Crippen LogP) is 2.70. The molecule has 1 N–H and O–H groups in total. The molecular formula is C22H23N2O5+. The van der Waals surface area contributed by atoms with Crippen LogP contribution >= 0.6 is 0 Å². The molecule has 0 aliphatic heterocycles. The van der Waals surface area contributed by atoms with Crippen molar-refractivity contribution in [2.24, 2.45) is 0 Å². The molecule has 150 valence electrons. The molecule has 0 aromatic heterocycles. The summed E-state index contributed by atoms with van der Waals surface area (Å²) in [5.74, 6) is -1.66. The molecule has 0 radical (unpaired) electrons. The van der Waals surface area contributed by atoms with Gasteiger partial charge in [-0.1, -0.05) is 65.5 Å². The third-order valence-corrected chi connectivity index (χ3v) is 3.96. The van der Waals surface area contributed by atoms with Gasteiger partial charge in [0.2, 0.25) is 0 Å². The highest BCUT2D eigenvalue weighted by atomic mass is 16.5. The number of carbonyl (C=O) groups is 3. The molecule has 1 amide bonds. The van der Waals surface area contributed by atoms with Gasteiger partial charge in [-0.15, -0.1) is 0 Å². The van der Waals surface area contributed by atoms with Crippen molar-refractivity contribution in [1.29, 1.82) is 0 Å². The van der Waals surface area contributed by atoms with Crippen LogP contribution in [-0.2, 0) is 37.1 Å². The highest BCUT2D eigenvalue weighted by Crippen LogP contribution is 2.08. The molecule has 29 heavy (non-hydrogen) atoms. The lowest BCUT2D eigenvalue weighted by atomic mass is 10.1. The molecule has 0 spiro atoms. The van der Waals surface area contributed by atoms with Crippen LogP contribution in [0.3, 0.4) is 0 Å². The van der Waals surface area contributed by atoms with E-state index in [9.17, 15) is 14.4 Å². The normalized spacial score (nSPS) is 11.0. The Hall–Kier alpha value is -3.66. The first-order chi connectivity index (χ1) is 14.1. The minimum Gasteiger partial charge on any atom is -0.461 e. The van der Waals surface area contributed by atoms with Gasteiger partial charge >= 0.3 is 24.4 Å². The van der Waals surface area contributed by atoms with E-state index in [2.05, 4.69) is 10.2 Å². The van der Waals surface area contributed by atoms with E-state index in [-0.39, 0.29) is 32.6 Å². The van der Waals surface area contributed by atoms with E-state index in [4.69, 9.17) is 16.0 Å². The first-order valence-corrected chi connectivity index (χ1v) is 9.14. The summed E-state index contributed by atoms with van der Waals surface area (Å²) in [6.07, 6.45) is -0.0183. The zero-order valence-corrected chi connectivity index (χ0v) is 16.0. The minimum atomic E-state index is -1.00. The summed E-state index contributed by atoms with van der Waals surface area (Å²) in [6.45, 7) is 4.92. The van der Waals surface area contributed by atoms with Gasteiger partial charge in [0.25, 0.3) is 6.57 Å². The Morgan fingerprint density at radius 1 is 0.897 bits per heavy atom. The first-order valence-electron chi connectivity index (χ1n) is 9.14. The summed E-state index contributed by atoms with van der Waals surface area (Å²) >= 11 is 0. The molecule has 0 bridgehead atoms. The van der Waals surface area contributed by atoms with Crippen LogP contribution in [0.25, 0.3) is 4.85 Å². The van der Waals surface area contributed by atoms with Gasteiger partial charge in [-0.3, -0.25) is 9.59 Å².